The number of carbonyl (C=O) groups excluding carboxylic acids is 1. The molecule has 6 heteroatoms. The highest BCUT2D eigenvalue weighted by Crippen LogP contribution is 2.24. The zero-order valence-corrected chi connectivity index (χ0v) is 14.9. The monoisotopic (exact) mass is 362 g/mol. The second kappa shape index (κ2) is 8.45. The quantitative estimate of drug-likeness (QED) is 0.851. The summed E-state index contributed by atoms with van der Waals surface area (Å²) >= 11 is 0. The lowest BCUT2D eigenvalue weighted by molar-refractivity contribution is 0.0929. The third kappa shape index (κ3) is 4.69. The molecular formula is C20H24F2N2O2. The molecule has 1 atom stereocenters. The maximum atomic E-state index is 13.3. The summed E-state index contributed by atoms with van der Waals surface area (Å²) in [7, 11) is 1.58. The molecule has 0 unspecified atom stereocenters. The molecule has 140 valence electrons. The van der Waals surface area contributed by atoms with E-state index in [4.69, 9.17) is 4.42 Å². The van der Waals surface area contributed by atoms with Crippen LogP contribution in [0.3, 0.4) is 0 Å². The molecule has 1 saturated heterocycles. The van der Waals surface area contributed by atoms with E-state index in [2.05, 4.69) is 10.2 Å². The molecule has 1 fully saturated rings. The van der Waals surface area contributed by atoms with Gasteiger partial charge >= 0.3 is 0 Å². The van der Waals surface area contributed by atoms with Crippen molar-refractivity contribution in [3.05, 3.63) is 59.1 Å². The second-order valence-electron chi connectivity index (χ2n) is 6.88. The molecule has 1 aromatic heterocycles. The van der Waals surface area contributed by atoms with Crippen molar-refractivity contribution in [3.63, 3.8) is 0 Å². The fourth-order valence-corrected chi connectivity index (χ4v) is 3.52. The number of carbonyl (C=O) groups is 1. The number of amides is 1. The van der Waals surface area contributed by atoms with Crippen LogP contribution in [0.1, 0.15) is 41.1 Å². The van der Waals surface area contributed by atoms with Crippen LogP contribution in [0.5, 0.6) is 0 Å². The van der Waals surface area contributed by atoms with Crippen LogP contribution in [0.4, 0.5) is 8.78 Å². The molecule has 0 bridgehead atoms. The van der Waals surface area contributed by atoms with Crippen molar-refractivity contribution < 1.29 is 18.0 Å². The number of furan rings is 1. The molecule has 1 aliphatic heterocycles. The van der Waals surface area contributed by atoms with E-state index in [1.165, 1.54) is 12.1 Å². The maximum absolute atomic E-state index is 13.3. The minimum absolute atomic E-state index is 0.223. The Hall–Kier alpha value is -2.21. The van der Waals surface area contributed by atoms with Gasteiger partial charge in [-0.05, 0) is 68.0 Å². The number of nitrogens with zero attached hydrogens (tertiary/aromatic N) is 1. The molecule has 0 aliphatic carbocycles. The molecule has 3 rings (SSSR count). The maximum Gasteiger partial charge on any atom is 0.286 e. The normalized spacial score (nSPS) is 18.0. The lowest BCUT2D eigenvalue weighted by Gasteiger charge is -2.32. The van der Waals surface area contributed by atoms with Crippen LogP contribution in [0, 0.1) is 17.6 Å². The Morgan fingerprint density at radius 3 is 2.88 bits per heavy atom. The number of piperidine rings is 1. The van der Waals surface area contributed by atoms with E-state index in [9.17, 15) is 13.6 Å². The zero-order chi connectivity index (χ0) is 18.5. The van der Waals surface area contributed by atoms with Gasteiger partial charge in [0.2, 0.25) is 0 Å². The van der Waals surface area contributed by atoms with Crippen LogP contribution >= 0.6 is 0 Å². The van der Waals surface area contributed by atoms with E-state index < -0.39 is 11.6 Å². The van der Waals surface area contributed by atoms with Gasteiger partial charge in [0.05, 0.1) is 6.54 Å². The van der Waals surface area contributed by atoms with Crippen molar-refractivity contribution in [1.82, 2.24) is 10.2 Å². The van der Waals surface area contributed by atoms with Crippen molar-refractivity contribution in [1.29, 1.82) is 0 Å². The molecule has 1 N–H and O–H groups in total. The zero-order valence-electron chi connectivity index (χ0n) is 14.9. The van der Waals surface area contributed by atoms with Crippen molar-refractivity contribution in [2.45, 2.75) is 32.2 Å². The molecule has 4 nitrogen and oxygen atoms in total. The van der Waals surface area contributed by atoms with E-state index >= 15 is 0 Å². The Morgan fingerprint density at radius 2 is 2.12 bits per heavy atom. The molecule has 2 heterocycles. The van der Waals surface area contributed by atoms with Gasteiger partial charge in [-0.1, -0.05) is 6.07 Å². The Kier molecular flexibility index (Phi) is 6.04. The Balaban J connectivity index is 1.51. The average molecular weight is 362 g/mol. The fraction of sp³-hybridized carbons (Fsp3) is 0.450. The second-order valence-corrected chi connectivity index (χ2v) is 6.88. The summed E-state index contributed by atoms with van der Waals surface area (Å²) in [6, 6.07) is 7.67. The summed E-state index contributed by atoms with van der Waals surface area (Å²) in [5.74, 6) is -0.173. The lowest BCUT2D eigenvalue weighted by Crippen LogP contribution is -2.35. The molecule has 0 saturated carbocycles. The number of nitrogens with one attached hydrogen (secondary N) is 1. The topological polar surface area (TPSA) is 45.5 Å². The highest BCUT2D eigenvalue weighted by Gasteiger charge is 2.21. The summed E-state index contributed by atoms with van der Waals surface area (Å²) < 4.78 is 31.9. The summed E-state index contributed by atoms with van der Waals surface area (Å²) in [4.78, 5) is 13.9. The number of rotatable bonds is 6. The van der Waals surface area contributed by atoms with E-state index in [0.29, 0.717) is 18.2 Å². The number of hydrogen-bond acceptors (Lipinski definition) is 3. The number of likely N-dealkylation sites (tertiary alicyclic amines) is 1. The van der Waals surface area contributed by atoms with Crippen LogP contribution in [-0.4, -0.2) is 30.9 Å². The number of benzene rings is 1. The summed E-state index contributed by atoms with van der Waals surface area (Å²) in [6.07, 6.45) is 3.94. The number of hydrogen-bond donors (Lipinski definition) is 1. The van der Waals surface area contributed by atoms with Crippen LogP contribution in [0.25, 0.3) is 0 Å². The predicted octanol–water partition coefficient (Wildman–Crippen LogP) is 3.76. The lowest BCUT2D eigenvalue weighted by atomic mass is 9.91. The smallest absolute Gasteiger partial charge is 0.286 e. The van der Waals surface area contributed by atoms with Gasteiger partial charge in [-0.25, -0.2) is 8.78 Å². The number of aryl methyl sites for hydroxylation is 1. The summed E-state index contributed by atoms with van der Waals surface area (Å²) in [6.45, 7) is 2.62. The van der Waals surface area contributed by atoms with Gasteiger partial charge < -0.3 is 9.73 Å². The van der Waals surface area contributed by atoms with Gasteiger partial charge in [0.25, 0.3) is 5.91 Å². The van der Waals surface area contributed by atoms with Crippen LogP contribution in [0.2, 0.25) is 0 Å². The van der Waals surface area contributed by atoms with Crippen LogP contribution < -0.4 is 5.32 Å². The van der Waals surface area contributed by atoms with Gasteiger partial charge in [-0.3, -0.25) is 9.69 Å². The first kappa shape index (κ1) is 18.6. The number of halogens is 2. The molecule has 1 amide bonds. The van der Waals surface area contributed by atoms with Gasteiger partial charge in [-0.2, -0.15) is 0 Å². The van der Waals surface area contributed by atoms with E-state index in [0.717, 1.165) is 50.1 Å². The van der Waals surface area contributed by atoms with E-state index in [1.54, 1.807) is 19.2 Å². The minimum atomic E-state index is -0.799. The SMILES string of the molecule is CNC(=O)c1ccc(CN2CCC[C@H](CCc3ccc(F)c(F)c3)C2)o1. The third-order valence-corrected chi connectivity index (χ3v) is 4.92. The highest BCUT2D eigenvalue weighted by molar-refractivity contribution is 5.91. The van der Waals surface area contributed by atoms with Gasteiger partial charge in [0.15, 0.2) is 17.4 Å². The largest absolute Gasteiger partial charge is 0.455 e. The van der Waals surface area contributed by atoms with E-state index in [-0.39, 0.29) is 5.91 Å². The molecule has 0 radical (unpaired) electrons. The molecule has 2 aromatic rings. The molecular weight excluding hydrogens is 338 g/mol. The summed E-state index contributed by atoms with van der Waals surface area (Å²) in [5, 5.41) is 2.55. The minimum Gasteiger partial charge on any atom is -0.455 e. The van der Waals surface area contributed by atoms with Crippen LogP contribution in [0.15, 0.2) is 34.7 Å². The molecule has 1 aliphatic rings. The van der Waals surface area contributed by atoms with Gasteiger partial charge in [0, 0.05) is 13.6 Å². The Bertz CT molecular complexity index is 760. The standard InChI is InChI=1S/C20H24F2N2O2/c1-23-20(25)19-9-7-16(26-19)13-24-10-2-3-15(12-24)5-4-14-6-8-17(21)18(22)11-14/h6-9,11,15H,2-5,10,12-13H2,1H3,(H,23,25)/t15-/m1/s1. The molecule has 1 aromatic carbocycles. The van der Waals surface area contributed by atoms with Crippen molar-refractivity contribution >= 4 is 5.91 Å². The van der Waals surface area contributed by atoms with Gasteiger partial charge in [-0.15, -0.1) is 0 Å². The first-order valence-corrected chi connectivity index (χ1v) is 9.02. The first-order chi connectivity index (χ1) is 12.5. The third-order valence-electron chi connectivity index (χ3n) is 4.92. The Labute approximate surface area is 152 Å². The van der Waals surface area contributed by atoms with Crippen molar-refractivity contribution in [2.24, 2.45) is 5.92 Å². The highest BCUT2D eigenvalue weighted by atomic mass is 19.2. The van der Waals surface area contributed by atoms with Gasteiger partial charge in [0.1, 0.15) is 5.76 Å². The van der Waals surface area contributed by atoms with E-state index in [1.807, 2.05) is 6.07 Å². The first-order valence-electron chi connectivity index (χ1n) is 9.02. The summed E-state index contributed by atoms with van der Waals surface area (Å²) in [5.41, 5.74) is 0.835. The Morgan fingerprint density at radius 1 is 1.27 bits per heavy atom. The van der Waals surface area contributed by atoms with Crippen LogP contribution in [-0.2, 0) is 13.0 Å². The van der Waals surface area contributed by atoms with Crippen molar-refractivity contribution in [2.75, 3.05) is 20.1 Å². The van der Waals surface area contributed by atoms with Crippen molar-refractivity contribution in [3.8, 4) is 0 Å². The molecule has 26 heavy (non-hydrogen) atoms. The predicted molar refractivity (Wildman–Crippen MR) is 94.8 cm³/mol. The average Bonchev–Trinajstić information content (AvgIpc) is 3.11. The fourth-order valence-electron chi connectivity index (χ4n) is 3.52. The molecule has 0 spiro atoms.